The third-order valence-corrected chi connectivity index (χ3v) is 3.65. The Morgan fingerprint density at radius 1 is 1.41 bits per heavy atom. The average Bonchev–Trinajstić information content (AvgIpc) is 2.87. The Kier molecular flexibility index (Phi) is 3.72. The Hall–Kier alpha value is -1.02. The molecular weight excluding hydrogens is 210 g/mol. The smallest absolute Gasteiger partial charge is 0.119 e. The van der Waals surface area contributed by atoms with Crippen LogP contribution >= 0.6 is 0 Å². The van der Waals surface area contributed by atoms with Crippen LogP contribution in [0.3, 0.4) is 0 Å². The summed E-state index contributed by atoms with van der Waals surface area (Å²) in [5.74, 6) is 1.83. The van der Waals surface area contributed by atoms with Gasteiger partial charge in [-0.05, 0) is 48.9 Å². The lowest BCUT2D eigenvalue weighted by atomic mass is 10.1. The molecule has 94 valence electrons. The molecule has 1 aromatic rings. The number of hydrogen-bond donors (Lipinski definition) is 1. The van der Waals surface area contributed by atoms with Gasteiger partial charge < -0.3 is 10.1 Å². The molecule has 1 saturated carbocycles. The fourth-order valence-electron chi connectivity index (χ4n) is 2.23. The molecule has 0 saturated heterocycles. The number of benzene rings is 1. The van der Waals surface area contributed by atoms with Gasteiger partial charge in [0.1, 0.15) is 5.75 Å². The summed E-state index contributed by atoms with van der Waals surface area (Å²) in [5, 5.41) is 3.53. The maximum atomic E-state index is 5.49. The van der Waals surface area contributed by atoms with Gasteiger partial charge in [-0.15, -0.1) is 0 Å². The molecule has 1 fully saturated rings. The van der Waals surface area contributed by atoms with Crippen LogP contribution in [0.4, 0.5) is 0 Å². The highest BCUT2D eigenvalue weighted by atomic mass is 16.5. The van der Waals surface area contributed by atoms with Crippen LogP contribution < -0.4 is 10.1 Å². The average molecular weight is 233 g/mol. The second-order valence-corrected chi connectivity index (χ2v) is 5.60. The predicted octanol–water partition coefficient (Wildman–Crippen LogP) is 3.22. The third-order valence-electron chi connectivity index (χ3n) is 3.65. The first-order valence-corrected chi connectivity index (χ1v) is 6.54. The molecular formula is C15H23NO. The molecule has 1 N–H and O–H groups in total. The molecule has 17 heavy (non-hydrogen) atoms. The summed E-state index contributed by atoms with van der Waals surface area (Å²) >= 11 is 0. The van der Waals surface area contributed by atoms with E-state index in [2.05, 4.69) is 37.4 Å². The van der Waals surface area contributed by atoms with Gasteiger partial charge in [-0.25, -0.2) is 0 Å². The van der Waals surface area contributed by atoms with Crippen LogP contribution in [0, 0.1) is 11.3 Å². The summed E-state index contributed by atoms with van der Waals surface area (Å²) in [5.41, 5.74) is 1.87. The lowest BCUT2D eigenvalue weighted by Gasteiger charge is -2.08. The lowest BCUT2D eigenvalue weighted by molar-refractivity contribution is 0.340. The molecule has 1 atom stereocenters. The first-order chi connectivity index (χ1) is 8.12. The molecule has 0 radical (unpaired) electrons. The van der Waals surface area contributed by atoms with Gasteiger partial charge in [-0.3, -0.25) is 0 Å². The second kappa shape index (κ2) is 5.09. The monoisotopic (exact) mass is 233 g/mol. The number of hydrogen-bond acceptors (Lipinski definition) is 2. The highest BCUT2D eigenvalue weighted by molar-refractivity contribution is 5.28. The molecule has 0 spiro atoms. The van der Waals surface area contributed by atoms with Crippen molar-refractivity contribution in [2.75, 3.05) is 13.2 Å². The summed E-state index contributed by atoms with van der Waals surface area (Å²) in [6.45, 7) is 9.50. The number of nitrogens with one attached hydrogen (secondary N) is 1. The Bertz CT molecular complexity index is 373. The van der Waals surface area contributed by atoms with Crippen molar-refractivity contribution in [2.24, 2.45) is 11.3 Å². The van der Waals surface area contributed by atoms with Crippen LogP contribution in [-0.4, -0.2) is 13.2 Å². The zero-order valence-electron chi connectivity index (χ0n) is 11.1. The quantitative estimate of drug-likeness (QED) is 0.814. The van der Waals surface area contributed by atoms with Crippen LogP contribution in [0.25, 0.3) is 0 Å². The summed E-state index contributed by atoms with van der Waals surface area (Å²) in [6, 6.07) is 8.34. The molecule has 1 aliphatic carbocycles. The minimum atomic E-state index is 0.570. The summed E-state index contributed by atoms with van der Waals surface area (Å²) in [7, 11) is 0. The van der Waals surface area contributed by atoms with Gasteiger partial charge in [-0.1, -0.05) is 26.0 Å². The topological polar surface area (TPSA) is 21.3 Å². The molecule has 1 aromatic carbocycles. The van der Waals surface area contributed by atoms with Gasteiger partial charge in [-0.2, -0.15) is 0 Å². The Balaban J connectivity index is 1.77. The van der Waals surface area contributed by atoms with Gasteiger partial charge in [0, 0.05) is 6.54 Å². The minimum absolute atomic E-state index is 0.570. The van der Waals surface area contributed by atoms with E-state index in [9.17, 15) is 0 Å². The normalized spacial score (nSPS) is 21.2. The molecule has 0 bridgehead atoms. The Morgan fingerprint density at radius 2 is 2.18 bits per heavy atom. The van der Waals surface area contributed by atoms with E-state index in [1.807, 2.05) is 13.0 Å². The maximum absolute atomic E-state index is 5.49. The molecule has 2 heteroatoms. The van der Waals surface area contributed by atoms with Crippen LogP contribution in [0.2, 0.25) is 0 Å². The van der Waals surface area contributed by atoms with E-state index in [4.69, 9.17) is 4.74 Å². The largest absolute Gasteiger partial charge is 0.494 e. The fourth-order valence-corrected chi connectivity index (χ4v) is 2.23. The SMILES string of the molecule is CCOc1cccc(CNCC2CC2(C)C)c1. The van der Waals surface area contributed by atoms with E-state index in [0.717, 1.165) is 31.4 Å². The van der Waals surface area contributed by atoms with Gasteiger partial charge in [0.05, 0.1) is 6.61 Å². The molecule has 2 rings (SSSR count). The molecule has 0 aliphatic heterocycles. The zero-order valence-corrected chi connectivity index (χ0v) is 11.1. The molecule has 0 aromatic heterocycles. The number of rotatable bonds is 6. The van der Waals surface area contributed by atoms with Gasteiger partial charge in [0.2, 0.25) is 0 Å². The van der Waals surface area contributed by atoms with E-state index in [-0.39, 0.29) is 0 Å². The van der Waals surface area contributed by atoms with E-state index in [0.29, 0.717) is 5.41 Å². The maximum Gasteiger partial charge on any atom is 0.119 e. The van der Waals surface area contributed by atoms with E-state index >= 15 is 0 Å². The van der Waals surface area contributed by atoms with E-state index in [1.54, 1.807) is 0 Å². The molecule has 0 heterocycles. The molecule has 0 amide bonds. The van der Waals surface area contributed by atoms with Crippen LogP contribution in [0.1, 0.15) is 32.8 Å². The molecule has 1 aliphatic rings. The van der Waals surface area contributed by atoms with Crippen molar-refractivity contribution in [2.45, 2.75) is 33.7 Å². The number of ether oxygens (including phenoxy) is 1. The predicted molar refractivity (Wildman–Crippen MR) is 71.2 cm³/mol. The summed E-state index contributed by atoms with van der Waals surface area (Å²) < 4.78 is 5.49. The summed E-state index contributed by atoms with van der Waals surface area (Å²) in [4.78, 5) is 0. The summed E-state index contributed by atoms with van der Waals surface area (Å²) in [6.07, 6.45) is 1.36. The Morgan fingerprint density at radius 3 is 2.82 bits per heavy atom. The van der Waals surface area contributed by atoms with E-state index in [1.165, 1.54) is 12.0 Å². The Labute approximate surface area is 104 Å². The van der Waals surface area contributed by atoms with Crippen molar-refractivity contribution < 1.29 is 4.74 Å². The second-order valence-electron chi connectivity index (χ2n) is 5.60. The molecule has 1 unspecified atom stereocenters. The van der Waals surface area contributed by atoms with Gasteiger partial charge in [0.15, 0.2) is 0 Å². The van der Waals surface area contributed by atoms with Crippen molar-refractivity contribution in [3.8, 4) is 5.75 Å². The minimum Gasteiger partial charge on any atom is -0.494 e. The van der Waals surface area contributed by atoms with Crippen LogP contribution in [0.15, 0.2) is 24.3 Å². The van der Waals surface area contributed by atoms with Crippen LogP contribution in [-0.2, 0) is 6.54 Å². The zero-order chi connectivity index (χ0) is 12.3. The van der Waals surface area contributed by atoms with Gasteiger partial charge in [0.25, 0.3) is 0 Å². The van der Waals surface area contributed by atoms with Crippen molar-refractivity contribution >= 4 is 0 Å². The standard InChI is InChI=1S/C15H23NO/c1-4-17-14-7-5-6-12(8-14)10-16-11-13-9-15(13,2)3/h5-8,13,16H,4,9-11H2,1-3H3. The van der Waals surface area contributed by atoms with Crippen LogP contribution in [0.5, 0.6) is 5.75 Å². The van der Waals surface area contributed by atoms with Crippen molar-refractivity contribution in [1.82, 2.24) is 5.32 Å². The molecule has 2 nitrogen and oxygen atoms in total. The van der Waals surface area contributed by atoms with Crippen molar-refractivity contribution in [3.63, 3.8) is 0 Å². The first kappa shape index (κ1) is 12.4. The van der Waals surface area contributed by atoms with Crippen molar-refractivity contribution in [1.29, 1.82) is 0 Å². The highest BCUT2D eigenvalue weighted by Gasteiger charge is 2.44. The lowest BCUT2D eigenvalue weighted by Crippen LogP contribution is -2.18. The highest BCUT2D eigenvalue weighted by Crippen LogP contribution is 2.50. The third kappa shape index (κ3) is 3.47. The van der Waals surface area contributed by atoms with E-state index < -0.39 is 0 Å². The fraction of sp³-hybridized carbons (Fsp3) is 0.600. The van der Waals surface area contributed by atoms with Crippen molar-refractivity contribution in [3.05, 3.63) is 29.8 Å². The van der Waals surface area contributed by atoms with Gasteiger partial charge >= 0.3 is 0 Å². The first-order valence-electron chi connectivity index (χ1n) is 6.54.